The smallest absolute Gasteiger partial charge is 0.223 e. The topological polar surface area (TPSA) is 32.3 Å². The number of rotatable bonds is 4. The fourth-order valence-electron chi connectivity index (χ4n) is 2.68. The lowest BCUT2D eigenvalue weighted by atomic mass is 10.0. The second-order valence-corrected chi connectivity index (χ2v) is 5.05. The molecule has 1 aromatic rings. The number of amides is 1. The summed E-state index contributed by atoms with van der Waals surface area (Å²) in [5.41, 5.74) is 3.77. The van der Waals surface area contributed by atoms with E-state index in [-0.39, 0.29) is 5.91 Å². The maximum atomic E-state index is 11.5. The van der Waals surface area contributed by atoms with Crippen LogP contribution in [0.1, 0.15) is 31.9 Å². The highest BCUT2D eigenvalue weighted by atomic mass is 16.2. The van der Waals surface area contributed by atoms with Gasteiger partial charge in [-0.1, -0.05) is 19.1 Å². The zero-order valence-electron chi connectivity index (χ0n) is 11.5. The molecule has 98 valence electrons. The van der Waals surface area contributed by atoms with Crippen LogP contribution in [0.4, 0.5) is 5.69 Å². The van der Waals surface area contributed by atoms with Gasteiger partial charge in [0.25, 0.3) is 0 Å². The van der Waals surface area contributed by atoms with Crippen LogP contribution < -0.4 is 10.2 Å². The molecule has 0 aliphatic carbocycles. The molecule has 1 N–H and O–H groups in total. The Kier molecular flexibility index (Phi) is 4.02. The van der Waals surface area contributed by atoms with Crippen molar-refractivity contribution in [2.45, 2.75) is 39.7 Å². The normalized spacial score (nSPS) is 15.6. The van der Waals surface area contributed by atoms with Gasteiger partial charge in [-0.05, 0) is 43.5 Å². The largest absolute Gasteiger partial charge is 0.314 e. The molecule has 0 bridgehead atoms. The Morgan fingerprint density at radius 1 is 1.50 bits per heavy atom. The summed E-state index contributed by atoms with van der Waals surface area (Å²) in [7, 11) is 0. The van der Waals surface area contributed by atoms with E-state index in [9.17, 15) is 4.79 Å². The molecular weight excluding hydrogens is 224 g/mol. The first-order valence-corrected chi connectivity index (χ1v) is 6.75. The Balaban J connectivity index is 2.12. The number of hydrogen-bond donors (Lipinski definition) is 1. The van der Waals surface area contributed by atoms with Crippen LogP contribution in [0.2, 0.25) is 0 Å². The number of carbonyl (C=O) groups is 1. The third-order valence-electron chi connectivity index (χ3n) is 3.51. The van der Waals surface area contributed by atoms with Crippen molar-refractivity contribution in [3.05, 3.63) is 29.3 Å². The van der Waals surface area contributed by atoms with Crippen molar-refractivity contribution in [3.8, 4) is 0 Å². The van der Waals surface area contributed by atoms with Crippen LogP contribution in [0.3, 0.4) is 0 Å². The molecule has 3 heteroatoms. The highest BCUT2D eigenvalue weighted by Gasteiger charge is 2.22. The van der Waals surface area contributed by atoms with Gasteiger partial charge in [-0.15, -0.1) is 0 Å². The number of likely N-dealkylation sites (N-methyl/N-ethyl adjacent to an activating group) is 1. The van der Waals surface area contributed by atoms with E-state index in [0.29, 0.717) is 6.04 Å². The van der Waals surface area contributed by atoms with Gasteiger partial charge >= 0.3 is 0 Å². The number of fused-ring (bicyclic) bond motifs is 1. The molecule has 1 aliphatic rings. The molecule has 1 aromatic carbocycles. The average molecular weight is 246 g/mol. The van der Waals surface area contributed by atoms with Crippen molar-refractivity contribution in [2.75, 3.05) is 18.0 Å². The number of nitrogens with one attached hydrogen (secondary N) is 1. The van der Waals surface area contributed by atoms with E-state index < -0.39 is 0 Å². The van der Waals surface area contributed by atoms with Crippen molar-refractivity contribution in [2.24, 2.45) is 0 Å². The van der Waals surface area contributed by atoms with Gasteiger partial charge in [-0.25, -0.2) is 0 Å². The van der Waals surface area contributed by atoms with Crippen LogP contribution in [0.5, 0.6) is 0 Å². The number of benzene rings is 1. The summed E-state index contributed by atoms with van der Waals surface area (Å²) >= 11 is 0. The maximum Gasteiger partial charge on any atom is 0.223 e. The van der Waals surface area contributed by atoms with E-state index in [1.54, 1.807) is 6.92 Å². The number of nitrogens with zero attached hydrogens (tertiary/aromatic N) is 1. The second kappa shape index (κ2) is 5.53. The fraction of sp³-hybridized carbons (Fsp3) is 0.533. The van der Waals surface area contributed by atoms with Gasteiger partial charge in [0.05, 0.1) is 0 Å². The van der Waals surface area contributed by atoms with Crippen LogP contribution in [0, 0.1) is 0 Å². The molecule has 18 heavy (non-hydrogen) atoms. The molecular formula is C15H22N2O. The molecule has 1 amide bonds. The van der Waals surface area contributed by atoms with E-state index in [2.05, 4.69) is 37.4 Å². The molecule has 0 saturated carbocycles. The fourth-order valence-corrected chi connectivity index (χ4v) is 2.68. The zero-order chi connectivity index (χ0) is 13.1. The Labute approximate surface area is 109 Å². The first kappa shape index (κ1) is 13.1. The Morgan fingerprint density at radius 3 is 2.94 bits per heavy atom. The number of hydrogen-bond acceptors (Lipinski definition) is 2. The van der Waals surface area contributed by atoms with Crippen LogP contribution in [-0.4, -0.2) is 25.0 Å². The highest BCUT2D eigenvalue weighted by molar-refractivity contribution is 5.93. The summed E-state index contributed by atoms with van der Waals surface area (Å²) in [6.45, 7) is 7.81. The van der Waals surface area contributed by atoms with Gasteiger partial charge in [-0.2, -0.15) is 0 Å². The molecule has 3 nitrogen and oxygen atoms in total. The summed E-state index contributed by atoms with van der Waals surface area (Å²) in [4.78, 5) is 13.3. The summed E-state index contributed by atoms with van der Waals surface area (Å²) in [6, 6.07) is 7.00. The Morgan fingerprint density at radius 2 is 2.28 bits per heavy atom. The minimum absolute atomic E-state index is 0.141. The van der Waals surface area contributed by atoms with Gasteiger partial charge in [0.2, 0.25) is 5.91 Å². The van der Waals surface area contributed by atoms with E-state index >= 15 is 0 Å². The third-order valence-corrected chi connectivity index (χ3v) is 3.51. The highest BCUT2D eigenvalue weighted by Crippen LogP contribution is 2.29. The molecule has 0 aromatic heterocycles. The number of anilines is 1. The van der Waals surface area contributed by atoms with E-state index in [4.69, 9.17) is 0 Å². The molecule has 1 atom stereocenters. The van der Waals surface area contributed by atoms with Crippen LogP contribution in [-0.2, 0) is 17.6 Å². The second-order valence-electron chi connectivity index (χ2n) is 5.05. The van der Waals surface area contributed by atoms with Crippen LogP contribution in [0.15, 0.2) is 18.2 Å². The molecule has 1 heterocycles. The molecule has 0 fully saturated rings. The van der Waals surface area contributed by atoms with Gasteiger partial charge in [-0.3, -0.25) is 4.79 Å². The molecule has 0 spiro atoms. The number of carbonyl (C=O) groups excluding carboxylic acids is 1. The van der Waals surface area contributed by atoms with E-state index in [1.807, 2.05) is 4.90 Å². The Bertz CT molecular complexity index is 442. The maximum absolute atomic E-state index is 11.5. The summed E-state index contributed by atoms with van der Waals surface area (Å²) in [5, 5.41) is 3.42. The van der Waals surface area contributed by atoms with Crippen molar-refractivity contribution < 1.29 is 4.79 Å². The predicted octanol–water partition coefficient (Wildman–Crippen LogP) is 2.14. The van der Waals surface area contributed by atoms with Crippen molar-refractivity contribution >= 4 is 11.6 Å². The van der Waals surface area contributed by atoms with Gasteiger partial charge in [0.15, 0.2) is 0 Å². The van der Waals surface area contributed by atoms with Gasteiger partial charge in [0.1, 0.15) is 0 Å². The van der Waals surface area contributed by atoms with Crippen molar-refractivity contribution in [3.63, 3.8) is 0 Å². The lowest BCUT2D eigenvalue weighted by Gasteiger charge is -2.16. The lowest BCUT2D eigenvalue weighted by Crippen LogP contribution is -2.27. The summed E-state index contributed by atoms with van der Waals surface area (Å²) in [6.07, 6.45) is 2.03. The summed E-state index contributed by atoms with van der Waals surface area (Å²) < 4.78 is 0. The monoisotopic (exact) mass is 246 g/mol. The molecule has 0 radical (unpaired) electrons. The van der Waals surface area contributed by atoms with Gasteiger partial charge < -0.3 is 10.2 Å². The van der Waals surface area contributed by atoms with E-state index in [1.165, 1.54) is 11.1 Å². The van der Waals surface area contributed by atoms with Crippen LogP contribution in [0.25, 0.3) is 0 Å². The van der Waals surface area contributed by atoms with Crippen molar-refractivity contribution in [1.82, 2.24) is 5.32 Å². The predicted molar refractivity (Wildman–Crippen MR) is 75.0 cm³/mol. The molecule has 0 saturated heterocycles. The molecule has 2 rings (SSSR count). The Hall–Kier alpha value is -1.35. The van der Waals surface area contributed by atoms with Crippen molar-refractivity contribution in [1.29, 1.82) is 0 Å². The SMILES string of the molecule is CCNC(C)Cc1ccc2c(c1)CCN2C(C)=O. The van der Waals surface area contributed by atoms with Crippen LogP contribution >= 0.6 is 0 Å². The minimum atomic E-state index is 0.141. The average Bonchev–Trinajstić information content (AvgIpc) is 2.72. The third kappa shape index (κ3) is 2.72. The quantitative estimate of drug-likeness (QED) is 0.882. The standard InChI is InChI=1S/C15H22N2O/c1-4-16-11(2)9-13-5-6-15-14(10-13)7-8-17(15)12(3)18/h5-6,10-11,16H,4,7-9H2,1-3H3. The first-order valence-electron chi connectivity index (χ1n) is 6.75. The zero-order valence-corrected chi connectivity index (χ0v) is 11.5. The van der Waals surface area contributed by atoms with E-state index in [0.717, 1.165) is 31.6 Å². The lowest BCUT2D eigenvalue weighted by molar-refractivity contribution is -0.116. The minimum Gasteiger partial charge on any atom is -0.314 e. The first-order chi connectivity index (χ1) is 8.61. The molecule has 1 aliphatic heterocycles. The molecule has 1 unspecified atom stereocenters. The summed E-state index contributed by atoms with van der Waals surface area (Å²) in [5.74, 6) is 0.141. The van der Waals surface area contributed by atoms with Gasteiger partial charge in [0, 0.05) is 25.2 Å².